The molecule has 3 atom stereocenters. The van der Waals surface area contributed by atoms with Gasteiger partial charge in [-0.05, 0) is 55.0 Å². The number of nitrogens with one attached hydrogen (secondary N) is 1. The smallest absolute Gasteiger partial charge is 0.326 e. The summed E-state index contributed by atoms with van der Waals surface area (Å²) in [6.07, 6.45) is 8.23. The zero-order valence-electron chi connectivity index (χ0n) is 24.9. The monoisotopic (exact) mass is 624 g/mol. The zero-order chi connectivity index (χ0) is 31.0. The third-order valence-corrected chi connectivity index (χ3v) is 9.86. The summed E-state index contributed by atoms with van der Waals surface area (Å²) in [6.45, 7) is 4.23. The predicted octanol–water partition coefficient (Wildman–Crippen LogP) is 4.52. The van der Waals surface area contributed by atoms with Gasteiger partial charge in [-0.3, -0.25) is 9.69 Å². The number of carbonyl (C=O) groups excluding carboxylic acids is 1. The number of amides is 1. The normalized spacial score (nSPS) is 20.0. The van der Waals surface area contributed by atoms with Gasteiger partial charge < -0.3 is 15.2 Å². The van der Waals surface area contributed by atoms with Crippen molar-refractivity contribution in [2.45, 2.75) is 48.4 Å². The molecule has 43 heavy (non-hydrogen) atoms. The Balaban J connectivity index is 1.62. The van der Waals surface area contributed by atoms with E-state index in [9.17, 15) is 23.1 Å². The van der Waals surface area contributed by atoms with E-state index in [-0.39, 0.29) is 18.2 Å². The van der Waals surface area contributed by atoms with Crippen LogP contribution in [0.15, 0.2) is 88.9 Å². The topological polar surface area (TPSA) is 113 Å². The molecule has 1 heterocycles. The van der Waals surface area contributed by atoms with E-state index < -0.39 is 27.8 Å². The molecule has 2 aliphatic rings. The molecule has 2 N–H and O–H groups in total. The largest absolute Gasteiger partial charge is 0.480 e. The zero-order valence-corrected chi connectivity index (χ0v) is 26.5. The quantitative estimate of drug-likeness (QED) is 0.335. The molecule has 2 aromatic carbocycles. The first kappa shape index (κ1) is 32.7. The summed E-state index contributed by atoms with van der Waals surface area (Å²) in [5, 5.41) is 12.7. The van der Waals surface area contributed by atoms with Crippen LogP contribution in [-0.4, -0.2) is 86.4 Å². The van der Waals surface area contributed by atoms with Crippen LogP contribution in [-0.2, 0) is 24.2 Å². The first-order valence-corrected chi connectivity index (χ1v) is 17.3. The molecule has 0 radical (unpaired) electrons. The van der Waals surface area contributed by atoms with Gasteiger partial charge in [0.2, 0.25) is 0 Å². The Hall–Kier alpha value is -3.18. The average Bonchev–Trinajstić information content (AvgIpc) is 3.19. The van der Waals surface area contributed by atoms with E-state index in [0.717, 1.165) is 35.9 Å². The van der Waals surface area contributed by atoms with E-state index >= 15 is 0 Å². The van der Waals surface area contributed by atoms with Gasteiger partial charge in [0.25, 0.3) is 5.91 Å². The van der Waals surface area contributed by atoms with E-state index in [1.54, 1.807) is 13.2 Å². The number of sulfone groups is 1. The molecule has 0 saturated carbocycles. The molecule has 1 aliphatic carbocycles. The Morgan fingerprint density at radius 1 is 1.14 bits per heavy atom. The highest BCUT2D eigenvalue weighted by Crippen LogP contribution is 2.35. The van der Waals surface area contributed by atoms with Crippen LogP contribution < -0.4 is 5.32 Å². The number of rotatable bonds is 13. The minimum absolute atomic E-state index is 0.213. The van der Waals surface area contributed by atoms with Crippen LogP contribution in [0.2, 0.25) is 0 Å². The van der Waals surface area contributed by atoms with E-state index in [1.165, 1.54) is 4.90 Å². The van der Waals surface area contributed by atoms with Crippen LogP contribution in [0.4, 0.5) is 0 Å². The second kappa shape index (κ2) is 15.0. The predicted molar refractivity (Wildman–Crippen MR) is 172 cm³/mol. The Kier molecular flexibility index (Phi) is 11.4. The molecule has 8 nitrogen and oxygen atoms in total. The van der Waals surface area contributed by atoms with E-state index in [1.807, 2.05) is 55.1 Å². The number of aliphatic carboxylic acids is 1. The van der Waals surface area contributed by atoms with Crippen LogP contribution in [0, 0.1) is 6.92 Å². The average molecular weight is 625 g/mol. The molecule has 10 heteroatoms. The van der Waals surface area contributed by atoms with Crippen molar-refractivity contribution in [2.24, 2.45) is 0 Å². The molecule has 0 aromatic heterocycles. The van der Waals surface area contributed by atoms with Gasteiger partial charge in [-0.1, -0.05) is 66.3 Å². The third kappa shape index (κ3) is 9.40. The SMILES string of the molecule is COCC1CC(Sc2ccccc2)CN1CC1=CC(c2ccccc2C)=C(C(=O)NC(CCS(C)(=O)=O)C(=O)O)C=CC1. The maximum Gasteiger partial charge on any atom is 0.326 e. The van der Waals surface area contributed by atoms with E-state index in [4.69, 9.17) is 4.74 Å². The van der Waals surface area contributed by atoms with Crippen molar-refractivity contribution in [1.82, 2.24) is 10.2 Å². The number of nitrogens with zero attached hydrogens (tertiary/aromatic N) is 1. The summed E-state index contributed by atoms with van der Waals surface area (Å²) < 4.78 is 28.9. The molecule has 0 bridgehead atoms. The first-order valence-electron chi connectivity index (χ1n) is 14.4. The van der Waals surface area contributed by atoms with E-state index in [0.29, 0.717) is 36.0 Å². The fraction of sp³-hybridized carbons (Fsp3) is 0.394. The first-order chi connectivity index (χ1) is 20.5. The Labute approximate surface area is 258 Å². The van der Waals surface area contributed by atoms with Crippen LogP contribution >= 0.6 is 11.8 Å². The highest BCUT2D eigenvalue weighted by Gasteiger charge is 2.33. The van der Waals surface area contributed by atoms with Crippen molar-refractivity contribution in [2.75, 3.05) is 38.8 Å². The number of hydrogen-bond donors (Lipinski definition) is 2. The van der Waals surface area contributed by atoms with Gasteiger partial charge >= 0.3 is 5.97 Å². The Morgan fingerprint density at radius 3 is 2.53 bits per heavy atom. The number of benzene rings is 2. The number of thioether (sulfide) groups is 1. The molecule has 1 fully saturated rings. The number of carbonyl (C=O) groups is 2. The Morgan fingerprint density at radius 2 is 1.86 bits per heavy atom. The second-order valence-corrected chi connectivity index (χ2v) is 14.8. The van der Waals surface area contributed by atoms with Crippen molar-refractivity contribution in [3.8, 4) is 0 Å². The third-order valence-electron chi connectivity index (χ3n) is 7.66. The molecule has 2 aromatic rings. The Bertz CT molecular complexity index is 1500. The molecule has 0 spiro atoms. The van der Waals surface area contributed by atoms with E-state index in [2.05, 4.69) is 40.6 Å². The molecule has 1 aliphatic heterocycles. The van der Waals surface area contributed by atoms with Gasteiger partial charge in [0.05, 0.1) is 12.4 Å². The fourth-order valence-corrected chi connectivity index (χ4v) is 7.47. The van der Waals surface area contributed by atoms with Crippen LogP contribution in [0.1, 0.15) is 30.4 Å². The number of hydrogen-bond acceptors (Lipinski definition) is 7. The molecule has 3 unspecified atom stereocenters. The molecule has 4 rings (SSSR count). The highest BCUT2D eigenvalue weighted by molar-refractivity contribution is 8.00. The van der Waals surface area contributed by atoms with Crippen molar-refractivity contribution in [3.63, 3.8) is 0 Å². The van der Waals surface area contributed by atoms with Crippen molar-refractivity contribution >= 4 is 39.0 Å². The number of carboxylic acids is 1. The number of ether oxygens (including phenoxy) is 1. The molecule has 1 amide bonds. The molecule has 1 saturated heterocycles. The lowest BCUT2D eigenvalue weighted by atomic mass is 9.94. The molecular formula is C33H40N2O6S2. The lowest BCUT2D eigenvalue weighted by Gasteiger charge is -2.25. The van der Waals surface area contributed by atoms with Crippen LogP contribution in [0.25, 0.3) is 5.57 Å². The van der Waals surface area contributed by atoms with Crippen molar-refractivity contribution < 1.29 is 27.9 Å². The summed E-state index contributed by atoms with van der Waals surface area (Å²) in [6, 6.07) is 17.1. The number of carboxylic acid groups (broad SMARTS) is 1. The minimum Gasteiger partial charge on any atom is -0.480 e. The van der Waals surface area contributed by atoms with Gasteiger partial charge in [0.1, 0.15) is 15.9 Å². The fourth-order valence-electron chi connectivity index (χ4n) is 5.53. The number of likely N-dealkylation sites (tertiary alicyclic amines) is 1. The summed E-state index contributed by atoms with van der Waals surface area (Å²) in [4.78, 5) is 29.2. The summed E-state index contributed by atoms with van der Waals surface area (Å²) in [5.41, 5.74) is 4.06. The molecule has 230 valence electrons. The summed E-state index contributed by atoms with van der Waals surface area (Å²) in [5.74, 6) is -2.16. The van der Waals surface area contributed by atoms with Gasteiger partial charge in [-0.15, -0.1) is 11.8 Å². The number of methoxy groups -OCH3 is 1. The van der Waals surface area contributed by atoms with Gasteiger partial charge in [-0.25, -0.2) is 13.2 Å². The van der Waals surface area contributed by atoms with Crippen LogP contribution in [0.5, 0.6) is 0 Å². The summed E-state index contributed by atoms with van der Waals surface area (Å²) >= 11 is 1.89. The number of allylic oxidation sites excluding steroid dienone is 3. The maximum absolute atomic E-state index is 13.6. The lowest BCUT2D eigenvalue weighted by molar-refractivity contribution is -0.141. The van der Waals surface area contributed by atoms with Crippen molar-refractivity contribution in [3.05, 3.63) is 95.1 Å². The molecular weight excluding hydrogens is 585 g/mol. The van der Waals surface area contributed by atoms with Crippen molar-refractivity contribution in [1.29, 1.82) is 0 Å². The van der Waals surface area contributed by atoms with Gasteiger partial charge in [-0.2, -0.15) is 0 Å². The second-order valence-electron chi connectivity index (χ2n) is 11.2. The minimum atomic E-state index is -3.39. The van der Waals surface area contributed by atoms with Gasteiger partial charge in [0.15, 0.2) is 0 Å². The lowest BCUT2D eigenvalue weighted by Crippen LogP contribution is -2.42. The highest BCUT2D eigenvalue weighted by atomic mass is 32.2. The summed E-state index contributed by atoms with van der Waals surface area (Å²) in [7, 11) is -1.66. The maximum atomic E-state index is 13.6. The van der Waals surface area contributed by atoms with Gasteiger partial charge in [0, 0.05) is 48.2 Å². The van der Waals surface area contributed by atoms with Crippen LogP contribution in [0.3, 0.4) is 0 Å². The number of aryl methyl sites for hydroxylation is 1. The standard InChI is InChI=1S/C33H40N2O6S2/c1-23-10-7-8-14-28(23)30-18-24(11-9-15-29(30)32(36)34-31(33(37)38)16-17-43(3,39)40)20-35-21-27(19-25(35)22-41-2)42-26-12-5-4-6-13-26/h4-10,12-15,18,25,27,31H,11,16-17,19-22H2,1-3H3,(H,34,36)(H,37,38).